The largest absolute Gasteiger partial charge is 0.370 e. The average Bonchev–Trinajstić information content (AvgIpc) is 2.83. The minimum Gasteiger partial charge on any atom is -0.370 e. The van der Waals surface area contributed by atoms with Crippen LogP contribution >= 0.6 is 0 Å². The van der Waals surface area contributed by atoms with Gasteiger partial charge in [0.2, 0.25) is 5.91 Å². The van der Waals surface area contributed by atoms with E-state index in [0.717, 1.165) is 13.0 Å². The number of rotatable bonds is 7. The standard InChI is InChI=1S/C26H30N2O3/c1-3-21-31-25(30)26(28(24(29)4-2)23-13-9-6-10-14-23)16-19-27(20-17-26)18-15-22-11-7-5-8-12-22/h5-14H,4,15-20H2,1-2H3. The van der Waals surface area contributed by atoms with Crippen molar-refractivity contribution in [1.29, 1.82) is 0 Å². The Bertz CT molecular complexity index is 923. The second-order valence-electron chi connectivity index (χ2n) is 7.77. The summed E-state index contributed by atoms with van der Waals surface area (Å²) in [6.45, 7) is 5.77. The van der Waals surface area contributed by atoms with Gasteiger partial charge in [-0.3, -0.25) is 9.69 Å². The van der Waals surface area contributed by atoms with Crippen molar-refractivity contribution in [2.45, 2.75) is 45.1 Å². The molecule has 0 aliphatic carbocycles. The molecule has 5 heteroatoms. The van der Waals surface area contributed by atoms with E-state index in [1.165, 1.54) is 5.56 Å². The summed E-state index contributed by atoms with van der Waals surface area (Å²) in [4.78, 5) is 30.3. The Morgan fingerprint density at radius 2 is 1.65 bits per heavy atom. The van der Waals surface area contributed by atoms with Crippen LogP contribution in [0.4, 0.5) is 5.69 Å². The number of carbonyl (C=O) groups is 2. The van der Waals surface area contributed by atoms with Gasteiger partial charge in [0.15, 0.2) is 0 Å². The lowest BCUT2D eigenvalue weighted by molar-refractivity contribution is -0.147. The summed E-state index contributed by atoms with van der Waals surface area (Å²) in [7, 11) is 0. The number of ether oxygens (including phenoxy) is 1. The molecular formula is C26H30N2O3. The summed E-state index contributed by atoms with van der Waals surface area (Å²) in [5.41, 5.74) is 0.958. The molecule has 0 radical (unpaired) electrons. The van der Waals surface area contributed by atoms with Crippen LogP contribution in [0.15, 0.2) is 60.7 Å². The van der Waals surface area contributed by atoms with Gasteiger partial charge in [0, 0.05) is 38.7 Å². The van der Waals surface area contributed by atoms with Crippen LogP contribution in [-0.2, 0) is 20.7 Å². The quantitative estimate of drug-likeness (QED) is 0.503. The van der Waals surface area contributed by atoms with E-state index in [0.29, 0.717) is 38.0 Å². The Labute approximate surface area is 185 Å². The number of benzene rings is 2. The average molecular weight is 419 g/mol. The highest BCUT2D eigenvalue weighted by Crippen LogP contribution is 2.35. The van der Waals surface area contributed by atoms with Crippen LogP contribution < -0.4 is 4.90 Å². The fourth-order valence-corrected chi connectivity index (χ4v) is 4.15. The Morgan fingerprint density at radius 3 is 2.23 bits per heavy atom. The lowest BCUT2D eigenvalue weighted by Crippen LogP contribution is -2.62. The number of likely N-dealkylation sites (tertiary alicyclic amines) is 1. The number of carbonyl (C=O) groups excluding carboxylic acids is 2. The van der Waals surface area contributed by atoms with Gasteiger partial charge in [-0.05, 0) is 37.0 Å². The molecule has 0 N–H and O–H groups in total. The smallest absolute Gasteiger partial charge is 0.346 e. The molecule has 31 heavy (non-hydrogen) atoms. The lowest BCUT2D eigenvalue weighted by atomic mass is 9.84. The molecule has 1 aliphatic heterocycles. The number of nitrogens with zero attached hydrogens (tertiary/aromatic N) is 2. The molecule has 3 rings (SSSR count). The van der Waals surface area contributed by atoms with Crippen molar-refractivity contribution in [3.8, 4) is 12.0 Å². The van der Waals surface area contributed by atoms with E-state index in [1.807, 2.05) is 43.3 Å². The van der Waals surface area contributed by atoms with Gasteiger partial charge in [-0.1, -0.05) is 61.4 Å². The number of piperidine rings is 1. The minimum atomic E-state index is -1.05. The van der Waals surface area contributed by atoms with Crippen molar-refractivity contribution in [2.24, 2.45) is 0 Å². The number of para-hydroxylation sites is 1. The van der Waals surface area contributed by atoms with E-state index < -0.39 is 11.5 Å². The third-order valence-electron chi connectivity index (χ3n) is 5.86. The van der Waals surface area contributed by atoms with E-state index in [2.05, 4.69) is 41.2 Å². The van der Waals surface area contributed by atoms with Crippen molar-refractivity contribution in [3.05, 3.63) is 66.2 Å². The first kappa shape index (κ1) is 22.6. The van der Waals surface area contributed by atoms with E-state index >= 15 is 0 Å². The van der Waals surface area contributed by atoms with E-state index in [1.54, 1.807) is 11.8 Å². The number of anilines is 1. The zero-order valence-corrected chi connectivity index (χ0v) is 18.3. The zero-order chi connectivity index (χ0) is 22.1. The van der Waals surface area contributed by atoms with Gasteiger partial charge in [-0.25, -0.2) is 4.79 Å². The normalized spacial score (nSPS) is 15.4. The number of amides is 1. The Hall–Kier alpha value is -3.10. The topological polar surface area (TPSA) is 49.9 Å². The molecule has 162 valence electrons. The molecule has 1 heterocycles. The van der Waals surface area contributed by atoms with Crippen LogP contribution in [0.25, 0.3) is 0 Å². The fourth-order valence-electron chi connectivity index (χ4n) is 4.15. The Morgan fingerprint density at radius 1 is 1.03 bits per heavy atom. The molecule has 0 saturated carbocycles. The maximum absolute atomic E-state index is 13.3. The van der Waals surface area contributed by atoms with Crippen LogP contribution in [0, 0.1) is 12.0 Å². The first-order valence-corrected chi connectivity index (χ1v) is 10.9. The van der Waals surface area contributed by atoms with Gasteiger partial charge in [-0.15, -0.1) is 0 Å². The fraction of sp³-hybridized carbons (Fsp3) is 0.385. The van der Waals surface area contributed by atoms with Gasteiger partial charge in [-0.2, -0.15) is 0 Å². The summed E-state index contributed by atoms with van der Waals surface area (Å²) in [5, 5.41) is 0. The van der Waals surface area contributed by atoms with E-state index in [9.17, 15) is 9.59 Å². The second kappa shape index (κ2) is 10.8. The molecule has 0 atom stereocenters. The molecule has 5 nitrogen and oxygen atoms in total. The van der Waals surface area contributed by atoms with Crippen molar-refractivity contribution < 1.29 is 14.3 Å². The number of hydrogen-bond donors (Lipinski definition) is 0. The van der Waals surface area contributed by atoms with Gasteiger partial charge in [0.1, 0.15) is 11.6 Å². The zero-order valence-electron chi connectivity index (χ0n) is 18.3. The first-order chi connectivity index (χ1) is 15.1. The highest BCUT2D eigenvalue weighted by Gasteiger charge is 2.50. The van der Waals surface area contributed by atoms with Crippen molar-refractivity contribution in [2.75, 3.05) is 24.5 Å². The van der Waals surface area contributed by atoms with Gasteiger partial charge < -0.3 is 9.64 Å². The number of esters is 1. The molecule has 0 spiro atoms. The van der Waals surface area contributed by atoms with E-state index in [4.69, 9.17) is 4.74 Å². The summed E-state index contributed by atoms with van der Waals surface area (Å²) >= 11 is 0. The maximum Gasteiger partial charge on any atom is 0.346 e. The van der Waals surface area contributed by atoms with Gasteiger partial charge in [0.05, 0.1) is 0 Å². The highest BCUT2D eigenvalue weighted by atomic mass is 16.5. The monoisotopic (exact) mass is 418 g/mol. The predicted octanol–water partition coefficient (Wildman–Crippen LogP) is 4.03. The van der Waals surface area contributed by atoms with Crippen molar-refractivity contribution in [3.63, 3.8) is 0 Å². The maximum atomic E-state index is 13.3. The third-order valence-corrected chi connectivity index (χ3v) is 5.86. The molecule has 1 aliphatic rings. The lowest BCUT2D eigenvalue weighted by Gasteiger charge is -2.46. The molecule has 0 aromatic heterocycles. The molecule has 2 aromatic rings. The third kappa shape index (κ3) is 5.34. The Balaban J connectivity index is 1.83. The summed E-state index contributed by atoms with van der Waals surface area (Å²) in [6.07, 6.45) is 4.71. The van der Waals surface area contributed by atoms with Crippen molar-refractivity contribution >= 4 is 17.6 Å². The highest BCUT2D eigenvalue weighted by molar-refractivity contribution is 6.02. The predicted molar refractivity (Wildman–Crippen MR) is 122 cm³/mol. The summed E-state index contributed by atoms with van der Waals surface area (Å²) < 4.78 is 5.28. The van der Waals surface area contributed by atoms with Crippen LogP contribution in [0.5, 0.6) is 0 Å². The van der Waals surface area contributed by atoms with E-state index in [-0.39, 0.29) is 5.91 Å². The first-order valence-electron chi connectivity index (χ1n) is 10.9. The summed E-state index contributed by atoms with van der Waals surface area (Å²) in [6, 6.07) is 19.8. The molecule has 0 bridgehead atoms. The van der Waals surface area contributed by atoms with Crippen LogP contribution in [0.1, 0.15) is 38.7 Å². The molecule has 1 saturated heterocycles. The van der Waals surface area contributed by atoms with Crippen LogP contribution in [-0.4, -0.2) is 41.9 Å². The van der Waals surface area contributed by atoms with Gasteiger partial charge >= 0.3 is 5.97 Å². The molecular weight excluding hydrogens is 388 g/mol. The summed E-state index contributed by atoms with van der Waals surface area (Å²) in [5.74, 6) is 2.08. The second-order valence-corrected chi connectivity index (χ2v) is 7.77. The van der Waals surface area contributed by atoms with Crippen molar-refractivity contribution in [1.82, 2.24) is 4.90 Å². The number of hydrogen-bond acceptors (Lipinski definition) is 4. The molecule has 2 aromatic carbocycles. The molecule has 1 amide bonds. The van der Waals surface area contributed by atoms with Crippen LogP contribution in [0.3, 0.4) is 0 Å². The Kier molecular flexibility index (Phi) is 7.86. The van der Waals surface area contributed by atoms with Gasteiger partial charge in [0.25, 0.3) is 0 Å². The van der Waals surface area contributed by atoms with Crippen LogP contribution in [0.2, 0.25) is 0 Å². The minimum absolute atomic E-state index is 0.0923. The molecule has 0 unspecified atom stereocenters. The molecule has 1 fully saturated rings. The SMILES string of the molecule is CC#COC(=O)C1(N(C(=O)CC)c2ccccc2)CCN(CCc2ccccc2)CC1.